The van der Waals surface area contributed by atoms with E-state index in [9.17, 15) is 13.2 Å². The number of nitrogens with one attached hydrogen (secondary N) is 1. The number of phenols is 1. The van der Waals surface area contributed by atoms with Gasteiger partial charge in [0, 0.05) is 6.54 Å². The van der Waals surface area contributed by atoms with Gasteiger partial charge in [0.2, 0.25) is 0 Å². The number of carbonyl (C=O) groups is 1. The van der Waals surface area contributed by atoms with Crippen molar-refractivity contribution in [2.45, 2.75) is 37.7 Å². The third-order valence-electron chi connectivity index (χ3n) is 2.45. The van der Waals surface area contributed by atoms with Crippen LogP contribution in [-0.2, 0) is 14.6 Å². The highest BCUT2D eigenvalue weighted by Crippen LogP contribution is 2.16. The maximum absolute atomic E-state index is 12.0. The highest BCUT2D eigenvalue weighted by molar-refractivity contribution is 7.91. The van der Waals surface area contributed by atoms with Crippen molar-refractivity contribution in [3.05, 3.63) is 24.3 Å². The second kappa shape index (κ2) is 6.80. The fourth-order valence-electron chi connectivity index (χ4n) is 1.54. The summed E-state index contributed by atoms with van der Waals surface area (Å²) in [5.41, 5.74) is -0.581. The van der Waals surface area contributed by atoms with Gasteiger partial charge in [0.05, 0.1) is 10.6 Å². The topological polar surface area (TPSA) is 92.7 Å². The van der Waals surface area contributed by atoms with Gasteiger partial charge in [0.1, 0.15) is 11.4 Å². The summed E-state index contributed by atoms with van der Waals surface area (Å²) in [6.07, 6.45) is -0.285. The Kier molecular flexibility index (Phi) is 5.60. The molecule has 0 aromatic heterocycles. The lowest BCUT2D eigenvalue weighted by Crippen LogP contribution is -2.33. The maximum Gasteiger partial charge on any atom is 0.407 e. The van der Waals surface area contributed by atoms with E-state index in [0.29, 0.717) is 0 Å². The van der Waals surface area contributed by atoms with E-state index in [-0.39, 0.29) is 29.4 Å². The van der Waals surface area contributed by atoms with Crippen LogP contribution in [0.4, 0.5) is 4.79 Å². The zero-order valence-electron chi connectivity index (χ0n) is 12.4. The third-order valence-corrected chi connectivity index (χ3v) is 4.27. The van der Waals surface area contributed by atoms with Gasteiger partial charge >= 0.3 is 6.09 Å². The molecule has 118 valence electrons. The van der Waals surface area contributed by atoms with Crippen molar-refractivity contribution in [1.82, 2.24) is 5.32 Å². The number of hydrogen-bond donors (Lipinski definition) is 2. The first kappa shape index (κ1) is 17.3. The monoisotopic (exact) mass is 315 g/mol. The normalized spacial score (nSPS) is 12.0. The molecule has 21 heavy (non-hydrogen) atoms. The zero-order chi connectivity index (χ0) is 16.1. The molecule has 0 aliphatic heterocycles. The van der Waals surface area contributed by atoms with Crippen LogP contribution in [0.1, 0.15) is 27.2 Å². The summed E-state index contributed by atoms with van der Waals surface area (Å²) in [6, 6.07) is 5.36. The number of phenolic OH excluding ortho intramolecular Hbond substituents is 1. The Labute approximate surface area is 125 Å². The molecule has 1 aromatic rings. The molecule has 0 bridgehead atoms. The van der Waals surface area contributed by atoms with Crippen LogP contribution >= 0.6 is 0 Å². The lowest BCUT2D eigenvalue weighted by Gasteiger charge is -2.19. The molecule has 0 aliphatic rings. The summed E-state index contributed by atoms with van der Waals surface area (Å²) >= 11 is 0. The Hall–Kier alpha value is -1.76. The molecule has 1 rings (SSSR count). The molecule has 0 radical (unpaired) electrons. The first-order valence-corrected chi connectivity index (χ1v) is 8.24. The Bertz CT molecular complexity index is 572. The smallest absolute Gasteiger partial charge is 0.407 e. The Balaban J connectivity index is 2.41. The van der Waals surface area contributed by atoms with E-state index < -0.39 is 21.5 Å². The molecule has 0 atom stereocenters. The first-order valence-electron chi connectivity index (χ1n) is 6.59. The van der Waals surface area contributed by atoms with Crippen molar-refractivity contribution in [3.63, 3.8) is 0 Å². The van der Waals surface area contributed by atoms with Gasteiger partial charge in [0.25, 0.3) is 0 Å². The Morgan fingerprint density at radius 1 is 1.24 bits per heavy atom. The first-order chi connectivity index (χ1) is 9.60. The van der Waals surface area contributed by atoms with Crippen LogP contribution in [-0.4, -0.2) is 37.5 Å². The molecule has 0 heterocycles. The van der Waals surface area contributed by atoms with Crippen molar-refractivity contribution >= 4 is 15.9 Å². The second-order valence-electron chi connectivity index (χ2n) is 5.59. The lowest BCUT2D eigenvalue weighted by molar-refractivity contribution is 0.0528. The molecule has 1 aromatic carbocycles. The van der Waals surface area contributed by atoms with E-state index in [1.54, 1.807) is 20.8 Å². The minimum atomic E-state index is -3.41. The van der Waals surface area contributed by atoms with Gasteiger partial charge in [-0.2, -0.15) is 0 Å². The van der Waals surface area contributed by atoms with Crippen LogP contribution in [0.2, 0.25) is 0 Å². The van der Waals surface area contributed by atoms with E-state index in [0.717, 1.165) is 0 Å². The molecule has 0 fully saturated rings. The van der Waals surface area contributed by atoms with Gasteiger partial charge in [0.15, 0.2) is 9.84 Å². The third kappa shape index (κ3) is 6.48. The van der Waals surface area contributed by atoms with Crippen molar-refractivity contribution < 1.29 is 23.1 Å². The number of carbonyl (C=O) groups excluding carboxylic acids is 1. The quantitative estimate of drug-likeness (QED) is 0.812. The predicted octanol–water partition coefficient (Wildman–Crippen LogP) is 2.08. The van der Waals surface area contributed by atoms with Gasteiger partial charge in [-0.25, -0.2) is 13.2 Å². The molecule has 0 saturated heterocycles. The van der Waals surface area contributed by atoms with Crippen LogP contribution in [0.15, 0.2) is 29.2 Å². The number of amides is 1. The number of ether oxygens (including phenoxy) is 1. The fraction of sp³-hybridized carbons (Fsp3) is 0.500. The minimum absolute atomic E-state index is 0.0144. The SMILES string of the molecule is CC(C)(C)OC(=O)NCCCS(=O)(=O)c1ccc(O)cc1. The number of benzene rings is 1. The highest BCUT2D eigenvalue weighted by Gasteiger charge is 2.17. The average Bonchev–Trinajstić information content (AvgIpc) is 2.33. The average molecular weight is 315 g/mol. The maximum atomic E-state index is 12.0. The molecule has 1 amide bonds. The standard InChI is InChI=1S/C14H21NO5S/c1-14(2,3)20-13(17)15-9-4-10-21(18,19)12-7-5-11(16)6-8-12/h5-8,16H,4,9-10H2,1-3H3,(H,15,17). The molecule has 0 spiro atoms. The number of hydrogen-bond acceptors (Lipinski definition) is 5. The second-order valence-corrected chi connectivity index (χ2v) is 7.70. The van der Waals surface area contributed by atoms with Crippen molar-refractivity contribution in [2.75, 3.05) is 12.3 Å². The molecular weight excluding hydrogens is 294 g/mol. The summed E-state index contributed by atoms with van der Waals surface area (Å²) in [5, 5.41) is 11.6. The molecule has 0 aliphatic carbocycles. The van der Waals surface area contributed by atoms with E-state index in [2.05, 4.69) is 5.32 Å². The van der Waals surface area contributed by atoms with Crippen molar-refractivity contribution in [2.24, 2.45) is 0 Å². The van der Waals surface area contributed by atoms with E-state index in [4.69, 9.17) is 9.84 Å². The Morgan fingerprint density at radius 2 is 1.81 bits per heavy atom. The summed E-state index contributed by atoms with van der Waals surface area (Å²) in [6.45, 7) is 5.47. The summed E-state index contributed by atoms with van der Waals surface area (Å²) in [7, 11) is -3.41. The molecular formula is C14H21NO5S. The molecule has 0 unspecified atom stereocenters. The van der Waals surface area contributed by atoms with Gasteiger partial charge in [-0.1, -0.05) is 0 Å². The minimum Gasteiger partial charge on any atom is -0.508 e. The largest absolute Gasteiger partial charge is 0.508 e. The van der Waals surface area contributed by atoms with Crippen LogP contribution in [0.3, 0.4) is 0 Å². The molecule has 0 saturated carbocycles. The predicted molar refractivity (Wildman–Crippen MR) is 79.0 cm³/mol. The van der Waals surface area contributed by atoms with Crippen molar-refractivity contribution in [3.8, 4) is 5.75 Å². The number of aromatic hydroxyl groups is 1. The lowest BCUT2D eigenvalue weighted by atomic mass is 10.2. The summed E-state index contributed by atoms with van der Waals surface area (Å²) in [4.78, 5) is 11.5. The molecule has 7 heteroatoms. The van der Waals surface area contributed by atoms with Gasteiger partial charge in [-0.15, -0.1) is 0 Å². The molecule has 2 N–H and O–H groups in total. The number of sulfone groups is 1. The van der Waals surface area contributed by atoms with Crippen molar-refractivity contribution in [1.29, 1.82) is 0 Å². The summed E-state index contributed by atoms with van der Waals surface area (Å²) in [5.74, 6) is -0.0753. The summed E-state index contributed by atoms with van der Waals surface area (Å²) < 4.78 is 29.0. The number of alkyl carbamates (subject to hydrolysis) is 1. The fourth-order valence-corrected chi connectivity index (χ4v) is 2.85. The Morgan fingerprint density at radius 3 is 2.33 bits per heavy atom. The number of rotatable bonds is 5. The van der Waals surface area contributed by atoms with E-state index in [1.165, 1.54) is 24.3 Å². The van der Waals surface area contributed by atoms with Crippen LogP contribution in [0, 0.1) is 0 Å². The zero-order valence-corrected chi connectivity index (χ0v) is 13.2. The highest BCUT2D eigenvalue weighted by atomic mass is 32.2. The van der Waals surface area contributed by atoms with E-state index >= 15 is 0 Å². The van der Waals surface area contributed by atoms with Gasteiger partial charge in [-0.3, -0.25) is 0 Å². The van der Waals surface area contributed by atoms with Crippen LogP contribution in [0.25, 0.3) is 0 Å². The van der Waals surface area contributed by atoms with Gasteiger partial charge < -0.3 is 15.2 Å². The van der Waals surface area contributed by atoms with E-state index in [1.807, 2.05) is 0 Å². The molecule has 6 nitrogen and oxygen atoms in total. The van der Waals surface area contributed by atoms with Crippen LogP contribution in [0.5, 0.6) is 5.75 Å². The van der Waals surface area contributed by atoms with Crippen LogP contribution < -0.4 is 5.32 Å². The van der Waals surface area contributed by atoms with Gasteiger partial charge in [-0.05, 0) is 51.5 Å².